The zero-order valence-electron chi connectivity index (χ0n) is 12.4. The fourth-order valence-corrected chi connectivity index (χ4v) is 2.83. The second-order valence-electron chi connectivity index (χ2n) is 6.86. The molecule has 1 aliphatic carbocycles. The van der Waals surface area contributed by atoms with Gasteiger partial charge in [-0.1, -0.05) is 32.1 Å². The largest absolute Gasteiger partial charge is 0.444 e. The molecule has 1 saturated carbocycles. The molecule has 4 nitrogen and oxygen atoms in total. The van der Waals surface area contributed by atoms with Crippen LogP contribution in [0, 0.1) is 5.92 Å². The van der Waals surface area contributed by atoms with Crippen molar-refractivity contribution < 1.29 is 14.3 Å². The van der Waals surface area contributed by atoms with Crippen LogP contribution in [0.25, 0.3) is 0 Å². The number of nitrogens with one attached hydrogen (secondary N) is 1. The Kier molecular flexibility index (Phi) is 4.71. The number of ether oxygens (including phenoxy) is 2. The molecule has 4 heteroatoms. The van der Waals surface area contributed by atoms with Gasteiger partial charge >= 0.3 is 6.09 Å². The summed E-state index contributed by atoms with van der Waals surface area (Å²) in [4.78, 5) is 11.9. The fourth-order valence-electron chi connectivity index (χ4n) is 2.83. The molecule has 2 atom stereocenters. The van der Waals surface area contributed by atoms with Gasteiger partial charge in [0.25, 0.3) is 0 Å². The van der Waals surface area contributed by atoms with Gasteiger partial charge in [-0.2, -0.15) is 0 Å². The zero-order chi connectivity index (χ0) is 13.9. The van der Waals surface area contributed by atoms with E-state index in [2.05, 4.69) is 5.32 Å². The zero-order valence-corrected chi connectivity index (χ0v) is 12.4. The van der Waals surface area contributed by atoms with Crippen LogP contribution >= 0.6 is 0 Å². The molecule has 2 rings (SSSR count). The summed E-state index contributed by atoms with van der Waals surface area (Å²) in [6, 6.07) is 0.123. The third kappa shape index (κ3) is 5.39. The molecule has 110 valence electrons. The standard InChI is InChI=1S/C15H27NO3/c1-15(2,3)19-14(17)16-12(13-10-18-13)9-11-7-5-4-6-8-11/h11-13H,4-10H2,1-3H3,(H,16,17)/t12-,13?/m0/s1. The predicted octanol–water partition coefficient (Wildman–Crippen LogP) is 3.25. The first-order chi connectivity index (χ1) is 8.94. The van der Waals surface area contributed by atoms with Crippen LogP contribution in [-0.4, -0.2) is 30.4 Å². The second kappa shape index (κ2) is 6.12. The Labute approximate surface area is 116 Å². The van der Waals surface area contributed by atoms with Gasteiger partial charge in [-0.15, -0.1) is 0 Å². The van der Waals surface area contributed by atoms with E-state index < -0.39 is 5.60 Å². The molecular weight excluding hydrogens is 242 g/mol. The highest BCUT2D eigenvalue weighted by Crippen LogP contribution is 2.30. The van der Waals surface area contributed by atoms with Crippen molar-refractivity contribution in [3.8, 4) is 0 Å². The van der Waals surface area contributed by atoms with Crippen molar-refractivity contribution in [2.45, 2.75) is 77.0 Å². The minimum absolute atomic E-state index is 0.123. The van der Waals surface area contributed by atoms with E-state index in [0.29, 0.717) is 0 Å². The molecule has 0 aromatic carbocycles. The maximum atomic E-state index is 11.9. The number of alkyl carbamates (subject to hydrolysis) is 1. The Bertz CT molecular complexity index is 301. The highest BCUT2D eigenvalue weighted by molar-refractivity contribution is 5.68. The molecule has 1 saturated heterocycles. The van der Waals surface area contributed by atoms with Crippen molar-refractivity contribution in [2.24, 2.45) is 5.92 Å². The number of epoxide rings is 1. The summed E-state index contributed by atoms with van der Waals surface area (Å²) in [5.74, 6) is 0.734. The van der Waals surface area contributed by atoms with Gasteiger partial charge in [-0.25, -0.2) is 4.79 Å². The molecule has 0 radical (unpaired) electrons. The molecule has 1 heterocycles. The summed E-state index contributed by atoms with van der Waals surface area (Å²) in [5, 5.41) is 3.00. The van der Waals surface area contributed by atoms with Crippen molar-refractivity contribution in [3.05, 3.63) is 0 Å². The normalized spacial score (nSPS) is 25.7. The summed E-state index contributed by atoms with van der Waals surface area (Å²) in [5.41, 5.74) is -0.441. The summed E-state index contributed by atoms with van der Waals surface area (Å²) >= 11 is 0. The monoisotopic (exact) mass is 269 g/mol. The number of hydrogen-bond acceptors (Lipinski definition) is 3. The molecule has 19 heavy (non-hydrogen) atoms. The number of carbonyl (C=O) groups is 1. The smallest absolute Gasteiger partial charge is 0.407 e. The van der Waals surface area contributed by atoms with Crippen molar-refractivity contribution in [1.29, 1.82) is 0 Å². The molecule has 2 fully saturated rings. The van der Waals surface area contributed by atoms with Crippen LogP contribution in [0.15, 0.2) is 0 Å². The maximum Gasteiger partial charge on any atom is 0.407 e. The molecule has 0 spiro atoms. The highest BCUT2D eigenvalue weighted by atomic mass is 16.6. The summed E-state index contributed by atoms with van der Waals surface area (Å²) in [6.45, 7) is 6.43. The van der Waals surface area contributed by atoms with Crippen LogP contribution in [0.1, 0.15) is 59.3 Å². The van der Waals surface area contributed by atoms with Gasteiger partial charge < -0.3 is 14.8 Å². The van der Waals surface area contributed by atoms with Crippen LogP contribution in [-0.2, 0) is 9.47 Å². The summed E-state index contributed by atoms with van der Waals surface area (Å²) in [6.07, 6.45) is 7.52. The Morgan fingerprint density at radius 2 is 1.95 bits per heavy atom. The van der Waals surface area contributed by atoms with Crippen LogP contribution in [0.2, 0.25) is 0 Å². The molecule has 0 aromatic rings. The lowest BCUT2D eigenvalue weighted by Crippen LogP contribution is -2.43. The molecule has 1 amide bonds. The van der Waals surface area contributed by atoms with E-state index >= 15 is 0 Å². The van der Waals surface area contributed by atoms with Crippen molar-refractivity contribution in [1.82, 2.24) is 5.32 Å². The van der Waals surface area contributed by atoms with Gasteiger partial charge in [-0.05, 0) is 33.1 Å². The molecule has 1 aliphatic heterocycles. The van der Waals surface area contributed by atoms with E-state index in [1.54, 1.807) is 0 Å². The Balaban J connectivity index is 1.80. The molecule has 1 N–H and O–H groups in total. The van der Waals surface area contributed by atoms with Gasteiger partial charge in [0.1, 0.15) is 11.7 Å². The lowest BCUT2D eigenvalue weighted by molar-refractivity contribution is 0.0484. The molecular formula is C15H27NO3. The van der Waals surface area contributed by atoms with Crippen molar-refractivity contribution in [2.75, 3.05) is 6.61 Å². The topological polar surface area (TPSA) is 50.9 Å². The second-order valence-corrected chi connectivity index (χ2v) is 6.86. The van der Waals surface area contributed by atoms with Gasteiger partial charge in [-0.3, -0.25) is 0 Å². The van der Waals surface area contributed by atoms with E-state index in [4.69, 9.17) is 9.47 Å². The highest BCUT2D eigenvalue weighted by Gasteiger charge is 2.36. The maximum absolute atomic E-state index is 11.9. The minimum Gasteiger partial charge on any atom is -0.444 e. The molecule has 0 bridgehead atoms. The van der Waals surface area contributed by atoms with Crippen LogP contribution in [0.5, 0.6) is 0 Å². The van der Waals surface area contributed by atoms with E-state index in [1.807, 2.05) is 20.8 Å². The molecule has 2 aliphatic rings. The third-order valence-electron chi connectivity index (χ3n) is 3.82. The summed E-state index contributed by atoms with van der Waals surface area (Å²) in [7, 11) is 0. The van der Waals surface area contributed by atoms with Crippen LogP contribution < -0.4 is 5.32 Å². The number of carbonyl (C=O) groups excluding carboxylic acids is 1. The van der Waals surface area contributed by atoms with E-state index in [9.17, 15) is 4.79 Å². The SMILES string of the molecule is CC(C)(C)OC(=O)N[C@@H](CC1CCCCC1)C1CO1. The lowest BCUT2D eigenvalue weighted by atomic mass is 9.84. The lowest BCUT2D eigenvalue weighted by Gasteiger charge is -2.27. The average Bonchev–Trinajstić information content (AvgIpc) is 3.10. The third-order valence-corrected chi connectivity index (χ3v) is 3.82. The van der Waals surface area contributed by atoms with Gasteiger partial charge in [0, 0.05) is 0 Å². The quantitative estimate of drug-likeness (QED) is 0.797. The Morgan fingerprint density at radius 3 is 2.47 bits per heavy atom. The van der Waals surface area contributed by atoms with Gasteiger partial charge in [0.05, 0.1) is 12.6 Å². The first-order valence-corrected chi connectivity index (χ1v) is 7.55. The fraction of sp³-hybridized carbons (Fsp3) is 0.933. The van der Waals surface area contributed by atoms with Crippen LogP contribution in [0.4, 0.5) is 4.79 Å². The minimum atomic E-state index is -0.441. The van der Waals surface area contributed by atoms with Gasteiger partial charge in [0.2, 0.25) is 0 Å². The molecule has 0 aromatic heterocycles. The first-order valence-electron chi connectivity index (χ1n) is 7.55. The van der Waals surface area contributed by atoms with E-state index in [0.717, 1.165) is 18.9 Å². The van der Waals surface area contributed by atoms with Gasteiger partial charge in [0.15, 0.2) is 0 Å². The average molecular weight is 269 g/mol. The van der Waals surface area contributed by atoms with Crippen molar-refractivity contribution in [3.63, 3.8) is 0 Å². The van der Waals surface area contributed by atoms with E-state index in [1.165, 1.54) is 32.1 Å². The summed E-state index contributed by atoms with van der Waals surface area (Å²) < 4.78 is 10.7. The Morgan fingerprint density at radius 1 is 1.32 bits per heavy atom. The number of hydrogen-bond donors (Lipinski definition) is 1. The Hall–Kier alpha value is -0.770. The molecule has 1 unspecified atom stereocenters. The number of rotatable bonds is 4. The van der Waals surface area contributed by atoms with E-state index in [-0.39, 0.29) is 18.2 Å². The van der Waals surface area contributed by atoms with Crippen molar-refractivity contribution >= 4 is 6.09 Å². The first kappa shape index (κ1) is 14.6. The number of amides is 1. The van der Waals surface area contributed by atoms with Crippen LogP contribution in [0.3, 0.4) is 0 Å². The predicted molar refractivity (Wildman–Crippen MR) is 74.1 cm³/mol.